The van der Waals surface area contributed by atoms with Gasteiger partial charge < -0.3 is 30.7 Å². The summed E-state index contributed by atoms with van der Waals surface area (Å²) >= 11 is 2.86. The number of hydrogen-bond acceptors (Lipinski definition) is 12. The van der Waals surface area contributed by atoms with E-state index in [0.717, 1.165) is 12.0 Å². The van der Waals surface area contributed by atoms with Crippen LogP contribution in [0.15, 0.2) is 50.3 Å². The number of carbonyl (C=O) groups excluding carboxylic acids is 4. The van der Waals surface area contributed by atoms with E-state index in [1.165, 1.54) is 23.5 Å². The van der Waals surface area contributed by atoms with Crippen LogP contribution in [0.3, 0.4) is 0 Å². The van der Waals surface area contributed by atoms with E-state index < -0.39 is 60.5 Å². The van der Waals surface area contributed by atoms with Crippen molar-refractivity contribution in [1.29, 1.82) is 0 Å². The van der Waals surface area contributed by atoms with E-state index >= 15 is 0 Å². The standard InChI is InChI=1S/C37H50N8O6S2/c1-8-18(4)27-35-45-29(21(7)51-35)33(49)39-23(14-22-12-10-9-11-13-22)37-41-25(16-53-37)30(46)42-26(17(2)3)34-44-28(20(6)50-34)32(48)38-19(5)36-40-24(15-52-36)31(47)43-27/h9-13,17-21,23-29H,8,14-16H2,1-7H3,(H,38,48)(H,39,49)(H,42,46)(H,43,47)/t18-,19-,20+,21+,23-,24+,25+,26-,27-,28-,29-/m0/s1. The Morgan fingerprint density at radius 2 is 1.23 bits per heavy atom. The van der Waals surface area contributed by atoms with Gasteiger partial charge in [0.1, 0.15) is 36.4 Å². The summed E-state index contributed by atoms with van der Waals surface area (Å²) in [6, 6.07) is 4.58. The second-order valence-corrected chi connectivity index (χ2v) is 16.7. The number of aliphatic imine (C=N–C) groups is 4. The van der Waals surface area contributed by atoms with Crippen LogP contribution >= 0.6 is 23.5 Å². The number of ether oxygens (including phenoxy) is 2. The van der Waals surface area contributed by atoms with Crippen LogP contribution in [-0.4, -0.2) is 118 Å². The molecule has 5 aliphatic heterocycles. The highest BCUT2D eigenvalue weighted by molar-refractivity contribution is 8.14. The zero-order valence-corrected chi connectivity index (χ0v) is 32.8. The molecule has 0 spiro atoms. The van der Waals surface area contributed by atoms with Crippen molar-refractivity contribution in [3.05, 3.63) is 35.9 Å². The molecular formula is C37H50N8O6S2. The van der Waals surface area contributed by atoms with Gasteiger partial charge in [0.05, 0.1) is 22.2 Å². The largest absolute Gasteiger partial charge is 0.474 e. The molecule has 0 aliphatic carbocycles. The number of rotatable bonds is 5. The Hall–Kier alpha value is -3.92. The first-order chi connectivity index (χ1) is 25.3. The number of nitrogens with zero attached hydrogens (tertiary/aromatic N) is 4. The molecule has 1 aromatic carbocycles. The van der Waals surface area contributed by atoms with Gasteiger partial charge in [-0.25, -0.2) is 9.98 Å². The molecule has 5 aliphatic rings. The van der Waals surface area contributed by atoms with Crippen molar-refractivity contribution < 1.29 is 28.7 Å². The van der Waals surface area contributed by atoms with E-state index in [1.807, 2.05) is 65.0 Å². The third-order valence-corrected chi connectivity index (χ3v) is 12.6. The highest BCUT2D eigenvalue weighted by Gasteiger charge is 2.43. The van der Waals surface area contributed by atoms with Gasteiger partial charge in [0.2, 0.25) is 35.4 Å². The van der Waals surface area contributed by atoms with Gasteiger partial charge in [-0.05, 0) is 44.6 Å². The van der Waals surface area contributed by atoms with E-state index in [2.05, 4.69) is 26.3 Å². The molecule has 4 N–H and O–H groups in total. The Balaban J connectivity index is 1.34. The van der Waals surface area contributed by atoms with E-state index in [9.17, 15) is 19.2 Å². The molecule has 8 bridgehead atoms. The monoisotopic (exact) mass is 766 g/mol. The first-order valence-corrected chi connectivity index (χ1v) is 20.4. The summed E-state index contributed by atoms with van der Waals surface area (Å²) in [6.07, 6.45) is 0.0460. The first kappa shape index (κ1) is 38.8. The molecule has 0 fully saturated rings. The van der Waals surface area contributed by atoms with Gasteiger partial charge in [-0.2, -0.15) is 0 Å². The van der Waals surface area contributed by atoms with Crippen molar-refractivity contribution in [2.24, 2.45) is 31.8 Å². The second-order valence-electron chi connectivity index (χ2n) is 14.6. The minimum atomic E-state index is -0.857. The van der Waals surface area contributed by atoms with Crippen molar-refractivity contribution in [1.82, 2.24) is 21.3 Å². The van der Waals surface area contributed by atoms with E-state index in [1.54, 1.807) is 13.8 Å². The lowest BCUT2D eigenvalue weighted by molar-refractivity contribution is -0.124. The maximum Gasteiger partial charge on any atom is 0.249 e. The Morgan fingerprint density at radius 1 is 0.698 bits per heavy atom. The molecule has 0 unspecified atom stereocenters. The third-order valence-electron chi connectivity index (χ3n) is 10.2. The van der Waals surface area contributed by atoms with E-state index in [0.29, 0.717) is 39.8 Å². The SMILES string of the molecule is CC[C@H](C)[C@@H]1NC(=O)[C@H]2CSC(=N2)[C@H](C)NC(=O)[C@H]2N=C(O[C@@H]2C)[C@H](C(C)C)NC(=O)[C@H]2CSC(=N2)[C@H](Cc2ccccc2)NC(=O)[C@H]2N=C1O[C@@H]2C. The fraction of sp³-hybridized carbons (Fsp3) is 0.622. The van der Waals surface area contributed by atoms with E-state index in [4.69, 9.17) is 24.5 Å². The lowest BCUT2D eigenvalue weighted by atomic mass is 9.98. The molecule has 286 valence electrons. The van der Waals surface area contributed by atoms with Crippen LogP contribution in [0.25, 0.3) is 0 Å². The highest BCUT2D eigenvalue weighted by Crippen LogP contribution is 2.27. The smallest absolute Gasteiger partial charge is 0.249 e. The molecule has 11 atom stereocenters. The Labute approximate surface area is 319 Å². The summed E-state index contributed by atoms with van der Waals surface area (Å²) in [7, 11) is 0. The number of hydrogen-bond donors (Lipinski definition) is 4. The van der Waals surface area contributed by atoms with Crippen LogP contribution in [0.4, 0.5) is 0 Å². The molecule has 4 amide bonds. The van der Waals surface area contributed by atoms with Crippen LogP contribution in [0, 0.1) is 11.8 Å². The zero-order valence-electron chi connectivity index (χ0n) is 31.2. The summed E-state index contributed by atoms with van der Waals surface area (Å²) < 4.78 is 12.3. The van der Waals surface area contributed by atoms with Gasteiger partial charge >= 0.3 is 0 Å². The first-order valence-electron chi connectivity index (χ1n) is 18.5. The van der Waals surface area contributed by atoms with Gasteiger partial charge in [0.25, 0.3) is 0 Å². The number of thioether (sulfide) groups is 2. The quantitative estimate of drug-likeness (QED) is 0.352. The maximum absolute atomic E-state index is 14.0. The van der Waals surface area contributed by atoms with Crippen molar-refractivity contribution in [3.63, 3.8) is 0 Å². The van der Waals surface area contributed by atoms with Crippen LogP contribution < -0.4 is 21.3 Å². The molecule has 0 saturated carbocycles. The Bertz CT molecular complexity index is 1700. The van der Waals surface area contributed by atoms with Gasteiger partial charge in [-0.1, -0.05) is 64.4 Å². The number of nitrogens with one attached hydrogen (secondary N) is 4. The van der Waals surface area contributed by atoms with Crippen molar-refractivity contribution in [3.8, 4) is 0 Å². The van der Waals surface area contributed by atoms with Crippen LogP contribution in [0.2, 0.25) is 0 Å². The maximum atomic E-state index is 14.0. The molecule has 5 heterocycles. The van der Waals surface area contributed by atoms with Crippen molar-refractivity contribution >= 4 is 69.0 Å². The van der Waals surface area contributed by atoms with Crippen LogP contribution in [0.1, 0.15) is 60.5 Å². The van der Waals surface area contributed by atoms with Gasteiger partial charge in [-0.3, -0.25) is 29.2 Å². The summed E-state index contributed by atoms with van der Waals surface area (Å²) in [6.45, 7) is 13.3. The average molecular weight is 767 g/mol. The van der Waals surface area contributed by atoms with Gasteiger partial charge in [0.15, 0.2) is 12.1 Å². The van der Waals surface area contributed by atoms with E-state index in [-0.39, 0.29) is 35.5 Å². The average Bonchev–Trinajstić information content (AvgIpc) is 3.95. The minimum absolute atomic E-state index is 0.0458. The Morgan fingerprint density at radius 3 is 1.81 bits per heavy atom. The van der Waals surface area contributed by atoms with Crippen LogP contribution in [0.5, 0.6) is 0 Å². The summed E-state index contributed by atoms with van der Waals surface area (Å²) in [4.78, 5) is 73.9. The normalized spacial score (nSPS) is 34.3. The number of fused-ring (bicyclic) bond motifs is 4. The topological polar surface area (TPSA) is 184 Å². The lowest BCUT2D eigenvalue weighted by Crippen LogP contribution is -2.49. The molecule has 0 radical (unpaired) electrons. The molecule has 0 saturated heterocycles. The third kappa shape index (κ3) is 8.74. The molecule has 14 nitrogen and oxygen atoms in total. The van der Waals surface area contributed by atoms with Crippen molar-refractivity contribution in [2.45, 2.75) is 122 Å². The van der Waals surface area contributed by atoms with Gasteiger partial charge in [0, 0.05) is 11.5 Å². The molecule has 0 aromatic heterocycles. The summed E-state index contributed by atoms with van der Waals surface area (Å²) in [5, 5.41) is 13.6. The molecule has 53 heavy (non-hydrogen) atoms. The van der Waals surface area contributed by atoms with Gasteiger partial charge in [-0.15, -0.1) is 23.5 Å². The fourth-order valence-corrected chi connectivity index (χ4v) is 8.91. The number of benzene rings is 1. The summed E-state index contributed by atoms with van der Waals surface area (Å²) in [5.41, 5.74) is 0.996. The Kier molecular flexibility index (Phi) is 12.2. The predicted molar refractivity (Wildman–Crippen MR) is 209 cm³/mol. The number of amides is 4. The molecule has 16 heteroatoms. The second kappa shape index (κ2) is 16.6. The molecule has 6 rings (SSSR count). The highest BCUT2D eigenvalue weighted by atomic mass is 32.2. The fourth-order valence-electron chi connectivity index (χ4n) is 6.75. The lowest BCUT2D eigenvalue weighted by Gasteiger charge is -2.25. The van der Waals surface area contributed by atoms with Crippen LogP contribution in [-0.2, 0) is 35.1 Å². The predicted octanol–water partition coefficient (Wildman–Crippen LogP) is 2.30. The molecule has 1 aromatic rings. The molecular weight excluding hydrogens is 717 g/mol. The zero-order chi connectivity index (χ0) is 38.0. The number of carbonyl (C=O) groups is 4. The van der Waals surface area contributed by atoms with Crippen molar-refractivity contribution in [2.75, 3.05) is 11.5 Å². The summed E-state index contributed by atoms with van der Waals surface area (Å²) in [5.74, 6) is 0.0371. The minimum Gasteiger partial charge on any atom is -0.474 e.